The lowest BCUT2D eigenvalue weighted by atomic mass is 10.2. The number of thiophene rings is 1. The molecule has 1 atom stereocenters. The Morgan fingerprint density at radius 1 is 1.21 bits per heavy atom. The summed E-state index contributed by atoms with van der Waals surface area (Å²) in [5.41, 5.74) is 0.728. The third-order valence-electron chi connectivity index (χ3n) is 2.76. The summed E-state index contributed by atoms with van der Waals surface area (Å²) >= 11 is 1.67. The summed E-state index contributed by atoms with van der Waals surface area (Å²) in [6.07, 6.45) is 0. The van der Waals surface area contributed by atoms with Crippen molar-refractivity contribution in [2.45, 2.75) is 26.1 Å². The standard InChI is InChI=1S/C14H15F2NOS/c1-10(13-7-4-8-19-13)17-9-11-5-2-3-6-12(11)18-14(15)16/h2-8,10,14,17H,9H2,1H3/t10-/m0/s1. The predicted molar refractivity (Wildman–Crippen MR) is 72.6 cm³/mol. The third kappa shape index (κ3) is 4.01. The van der Waals surface area contributed by atoms with E-state index in [2.05, 4.69) is 10.1 Å². The lowest BCUT2D eigenvalue weighted by Crippen LogP contribution is -2.18. The molecule has 19 heavy (non-hydrogen) atoms. The molecule has 2 aromatic rings. The van der Waals surface area contributed by atoms with Crippen LogP contribution in [0.3, 0.4) is 0 Å². The van der Waals surface area contributed by atoms with E-state index in [4.69, 9.17) is 0 Å². The lowest BCUT2D eigenvalue weighted by Gasteiger charge is -2.15. The van der Waals surface area contributed by atoms with Crippen molar-refractivity contribution in [3.63, 3.8) is 0 Å². The number of alkyl halides is 2. The molecule has 0 radical (unpaired) electrons. The molecule has 0 saturated heterocycles. The van der Waals surface area contributed by atoms with Crippen molar-refractivity contribution in [3.8, 4) is 5.75 Å². The molecule has 0 saturated carbocycles. The molecule has 1 aromatic carbocycles. The summed E-state index contributed by atoms with van der Waals surface area (Å²) in [6, 6.07) is 11.1. The summed E-state index contributed by atoms with van der Waals surface area (Å²) in [5, 5.41) is 5.32. The Kier molecular flexibility index (Phi) is 4.87. The van der Waals surface area contributed by atoms with Crippen LogP contribution in [0.15, 0.2) is 41.8 Å². The van der Waals surface area contributed by atoms with Crippen LogP contribution >= 0.6 is 11.3 Å². The molecule has 0 aliphatic heterocycles. The zero-order valence-electron chi connectivity index (χ0n) is 10.5. The van der Waals surface area contributed by atoms with E-state index < -0.39 is 6.61 Å². The van der Waals surface area contributed by atoms with Crippen molar-refractivity contribution < 1.29 is 13.5 Å². The first-order valence-electron chi connectivity index (χ1n) is 5.96. The molecule has 2 nitrogen and oxygen atoms in total. The van der Waals surface area contributed by atoms with E-state index in [1.807, 2.05) is 30.5 Å². The highest BCUT2D eigenvalue weighted by Gasteiger charge is 2.11. The zero-order chi connectivity index (χ0) is 13.7. The summed E-state index contributed by atoms with van der Waals surface area (Å²) in [4.78, 5) is 1.22. The van der Waals surface area contributed by atoms with Gasteiger partial charge in [-0.2, -0.15) is 8.78 Å². The van der Waals surface area contributed by atoms with E-state index in [-0.39, 0.29) is 11.8 Å². The number of hydrogen-bond donors (Lipinski definition) is 1. The van der Waals surface area contributed by atoms with E-state index >= 15 is 0 Å². The third-order valence-corrected chi connectivity index (χ3v) is 3.81. The van der Waals surface area contributed by atoms with Gasteiger partial charge in [0, 0.05) is 23.0 Å². The van der Waals surface area contributed by atoms with Crippen LogP contribution in [-0.2, 0) is 6.54 Å². The number of nitrogens with one attached hydrogen (secondary N) is 1. The summed E-state index contributed by atoms with van der Waals surface area (Å²) < 4.78 is 29.1. The van der Waals surface area contributed by atoms with E-state index in [1.54, 1.807) is 29.5 Å². The first kappa shape index (κ1) is 14.0. The van der Waals surface area contributed by atoms with E-state index in [1.165, 1.54) is 4.88 Å². The van der Waals surface area contributed by atoms with Crippen molar-refractivity contribution >= 4 is 11.3 Å². The van der Waals surface area contributed by atoms with Gasteiger partial charge in [0.1, 0.15) is 5.75 Å². The molecule has 0 fully saturated rings. The molecule has 1 N–H and O–H groups in total. The zero-order valence-corrected chi connectivity index (χ0v) is 11.3. The highest BCUT2D eigenvalue weighted by molar-refractivity contribution is 7.10. The van der Waals surface area contributed by atoms with Crippen molar-refractivity contribution in [2.24, 2.45) is 0 Å². The maximum atomic E-state index is 12.3. The van der Waals surface area contributed by atoms with Crippen molar-refractivity contribution in [1.29, 1.82) is 0 Å². The van der Waals surface area contributed by atoms with Crippen LogP contribution in [-0.4, -0.2) is 6.61 Å². The minimum absolute atomic E-state index is 0.180. The Labute approximate surface area is 115 Å². The summed E-state index contributed by atoms with van der Waals surface area (Å²) in [7, 11) is 0. The average Bonchev–Trinajstić information content (AvgIpc) is 2.90. The highest BCUT2D eigenvalue weighted by Crippen LogP contribution is 2.22. The van der Waals surface area contributed by atoms with Gasteiger partial charge in [0.05, 0.1) is 0 Å². The maximum Gasteiger partial charge on any atom is 0.387 e. The van der Waals surface area contributed by atoms with Crippen molar-refractivity contribution in [3.05, 3.63) is 52.2 Å². The van der Waals surface area contributed by atoms with Crippen LogP contribution in [0.25, 0.3) is 0 Å². The van der Waals surface area contributed by atoms with Crippen LogP contribution < -0.4 is 10.1 Å². The molecule has 1 heterocycles. The fourth-order valence-corrected chi connectivity index (χ4v) is 2.52. The average molecular weight is 283 g/mol. The summed E-state index contributed by atoms with van der Waals surface area (Å²) in [5.74, 6) is 0.225. The fourth-order valence-electron chi connectivity index (χ4n) is 1.76. The van der Waals surface area contributed by atoms with E-state index in [0.29, 0.717) is 6.54 Å². The Hall–Kier alpha value is -1.46. The van der Waals surface area contributed by atoms with Gasteiger partial charge in [-0.05, 0) is 24.4 Å². The van der Waals surface area contributed by atoms with Gasteiger partial charge in [0.25, 0.3) is 0 Å². The number of para-hydroxylation sites is 1. The predicted octanol–water partition coefficient (Wildman–Crippen LogP) is 4.20. The first-order chi connectivity index (χ1) is 9.16. The van der Waals surface area contributed by atoms with Crippen LogP contribution in [0.5, 0.6) is 5.75 Å². The van der Waals surface area contributed by atoms with Crippen LogP contribution in [0, 0.1) is 0 Å². The molecule has 2 rings (SSSR count). The second kappa shape index (κ2) is 6.63. The maximum absolute atomic E-state index is 12.3. The fraction of sp³-hybridized carbons (Fsp3) is 0.286. The Morgan fingerprint density at radius 3 is 2.68 bits per heavy atom. The van der Waals surface area contributed by atoms with Crippen LogP contribution in [0.2, 0.25) is 0 Å². The lowest BCUT2D eigenvalue weighted by molar-refractivity contribution is -0.0505. The van der Waals surface area contributed by atoms with E-state index in [9.17, 15) is 8.78 Å². The first-order valence-corrected chi connectivity index (χ1v) is 6.84. The smallest absolute Gasteiger partial charge is 0.387 e. The van der Waals surface area contributed by atoms with Crippen LogP contribution in [0.1, 0.15) is 23.4 Å². The molecular formula is C14H15F2NOS. The molecule has 5 heteroatoms. The molecule has 0 aliphatic rings. The number of halogens is 2. The largest absolute Gasteiger partial charge is 0.434 e. The molecule has 0 amide bonds. The minimum atomic E-state index is -2.80. The second-order valence-electron chi connectivity index (χ2n) is 4.10. The van der Waals surface area contributed by atoms with Gasteiger partial charge in [0.15, 0.2) is 0 Å². The Bertz CT molecular complexity index is 502. The molecule has 1 aromatic heterocycles. The normalized spacial score (nSPS) is 12.6. The van der Waals surface area contributed by atoms with Gasteiger partial charge in [-0.15, -0.1) is 11.3 Å². The van der Waals surface area contributed by atoms with Crippen LogP contribution in [0.4, 0.5) is 8.78 Å². The molecule has 0 bridgehead atoms. The monoisotopic (exact) mass is 283 g/mol. The number of rotatable bonds is 6. The van der Waals surface area contributed by atoms with Crippen molar-refractivity contribution in [1.82, 2.24) is 5.32 Å². The Balaban J connectivity index is 1.99. The molecular weight excluding hydrogens is 268 g/mol. The van der Waals surface area contributed by atoms with Crippen molar-refractivity contribution in [2.75, 3.05) is 0 Å². The molecule has 0 aliphatic carbocycles. The SMILES string of the molecule is C[C@H](NCc1ccccc1OC(F)F)c1cccs1. The molecule has 102 valence electrons. The minimum Gasteiger partial charge on any atom is -0.434 e. The van der Waals surface area contributed by atoms with Gasteiger partial charge >= 0.3 is 6.61 Å². The van der Waals surface area contributed by atoms with Gasteiger partial charge in [-0.3, -0.25) is 0 Å². The number of benzene rings is 1. The molecule has 0 unspecified atom stereocenters. The van der Waals surface area contributed by atoms with Gasteiger partial charge in [-0.1, -0.05) is 24.3 Å². The van der Waals surface area contributed by atoms with Gasteiger partial charge < -0.3 is 10.1 Å². The number of ether oxygens (including phenoxy) is 1. The number of hydrogen-bond acceptors (Lipinski definition) is 3. The Morgan fingerprint density at radius 2 is 2.00 bits per heavy atom. The van der Waals surface area contributed by atoms with Gasteiger partial charge in [0.2, 0.25) is 0 Å². The second-order valence-corrected chi connectivity index (χ2v) is 5.08. The van der Waals surface area contributed by atoms with Gasteiger partial charge in [-0.25, -0.2) is 0 Å². The quantitative estimate of drug-likeness (QED) is 0.858. The highest BCUT2D eigenvalue weighted by atomic mass is 32.1. The molecule has 0 spiro atoms. The summed E-state index contributed by atoms with van der Waals surface area (Å²) in [6.45, 7) is -0.263. The topological polar surface area (TPSA) is 21.3 Å². The van der Waals surface area contributed by atoms with E-state index in [0.717, 1.165) is 5.56 Å².